The predicted octanol–water partition coefficient (Wildman–Crippen LogP) is 7.17. The van der Waals surface area contributed by atoms with Crippen LogP contribution in [0.3, 0.4) is 0 Å². The molecule has 0 bridgehead atoms. The molecule has 1 spiro atoms. The topological polar surface area (TPSA) is 50.5 Å². The summed E-state index contributed by atoms with van der Waals surface area (Å²) < 4.78 is 1.92. The summed E-state index contributed by atoms with van der Waals surface area (Å²) in [7, 11) is 0. The minimum absolute atomic E-state index is 0.0633. The highest BCUT2D eigenvalue weighted by Gasteiger charge is 2.59. The Morgan fingerprint density at radius 2 is 1.43 bits per heavy atom. The van der Waals surface area contributed by atoms with Gasteiger partial charge in [-0.2, -0.15) is 10.2 Å². The Morgan fingerprint density at radius 1 is 0.800 bits per heavy atom. The zero-order valence-electron chi connectivity index (χ0n) is 22.1. The Hall–Kier alpha value is -4.42. The lowest BCUT2D eigenvalue weighted by atomic mass is 9.66. The van der Waals surface area contributed by atoms with Crippen molar-refractivity contribution >= 4 is 28.9 Å². The highest BCUT2D eigenvalue weighted by Crippen LogP contribution is 2.51. The van der Waals surface area contributed by atoms with E-state index < -0.39 is 5.54 Å². The van der Waals surface area contributed by atoms with E-state index in [-0.39, 0.29) is 11.7 Å². The number of anilines is 1. The fourth-order valence-electron chi connectivity index (χ4n) is 6.25. The second kappa shape index (κ2) is 9.96. The molecular weight excluding hydrogens is 512 g/mol. The van der Waals surface area contributed by atoms with Crippen molar-refractivity contribution in [2.24, 2.45) is 5.10 Å². The summed E-state index contributed by atoms with van der Waals surface area (Å²) >= 11 is 1.72. The lowest BCUT2D eigenvalue weighted by Gasteiger charge is -2.43. The van der Waals surface area contributed by atoms with Gasteiger partial charge >= 0.3 is 0 Å². The molecule has 2 heterocycles. The summed E-state index contributed by atoms with van der Waals surface area (Å²) in [6, 6.07) is 39.1. The van der Waals surface area contributed by atoms with Crippen LogP contribution in [0.15, 0.2) is 131 Å². The molecule has 5 nitrogen and oxygen atoms in total. The van der Waals surface area contributed by atoms with E-state index in [2.05, 4.69) is 42.7 Å². The molecule has 1 aliphatic heterocycles. The first kappa shape index (κ1) is 24.6. The minimum Gasteiger partial charge on any atom is -0.291 e. The van der Waals surface area contributed by atoms with Crippen molar-refractivity contribution in [3.63, 3.8) is 0 Å². The molecule has 1 aliphatic carbocycles. The molecule has 0 saturated carbocycles. The van der Waals surface area contributed by atoms with Crippen LogP contribution in [0.5, 0.6) is 0 Å². The predicted molar refractivity (Wildman–Crippen MR) is 162 cm³/mol. The Kier molecular flexibility index (Phi) is 6.13. The molecule has 6 heteroatoms. The van der Waals surface area contributed by atoms with Gasteiger partial charge in [-0.25, -0.2) is 4.68 Å². The maximum Gasteiger partial charge on any atom is 0.194 e. The van der Waals surface area contributed by atoms with Crippen LogP contribution >= 0.6 is 11.8 Å². The Bertz CT molecular complexity index is 1700. The average molecular weight is 541 g/mol. The molecule has 0 saturated heterocycles. The summed E-state index contributed by atoms with van der Waals surface area (Å²) in [6.45, 7) is 0. The molecule has 196 valence electrons. The molecule has 7 rings (SSSR count). The van der Waals surface area contributed by atoms with Crippen LogP contribution in [0.4, 0.5) is 5.69 Å². The van der Waals surface area contributed by atoms with Gasteiger partial charge in [-0.05, 0) is 66.6 Å². The van der Waals surface area contributed by atoms with Crippen LogP contribution in [-0.2, 0) is 6.42 Å². The monoisotopic (exact) mass is 540 g/mol. The Morgan fingerprint density at radius 3 is 2.08 bits per heavy atom. The van der Waals surface area contributed by atoms with E-state index >= 15 is 0 Å². The van der Waals surface area contributed by atoms with Crippen LogP contribution in [0, 0.1) is 0 Å². The van der Waals surface area contributed by atoms with Gasteiger partial charge in [0.25, 0.3) is 0 Å². The number of carbonyl (C=O) groups is 1. The maximum absolute atomic E-state index is 15.0. The molecule has 5 aromatic rings. The van der Waals surface area contributed by atoms with Gasteiger partial charge in [0.1, 0.15) is 5.54 Å². The lowest BCUT2D eigenvalue weighted by molar-refractivity contribution is 0.0855. The molecule has 4 aromatic carbocycles. The van der Waals surface area contributed by atoms with Crippen molar-refractivity contribution in [1.29, 1.82) is 0 Å². The third kappa shape index (κ3) is 3.82. The van der Waals surface area contributed by atoms with Crippen LogP contribution < -0.4 is 5.01 Å². The number of rotatable bonds is 5. The molecule has 0 fully saturated rings. The summed E-state index contributed by atoms with van der Waals surface area (Å²) in [5, 5.41) is 12.0. The number of nitrogens with zero attached hydrogens (tertiary/aromatic N) is 4. The zero-order chi connectivity index (χ0) is 27.1. The third-order valence-electron chi connectivity index (χ3n) is 8.11. The Balaban J connectivity index is 1.45. The highest BCUT2D eigenvalue weighted by molar-refractivity contribution is 7.98. The fraction of sp³-hybridized carbons (Fsp3) is 0.147. The summed E-state index contributed by atoms with van der Waals surface area (Å²) in [4.78, 5) is 16.2. The van der Waals surface area contributed by atoms with E-state index in [0.29, 0.717) is 18.4 Å². The lowest BCUT2D eigenvalue weighted by Crippen LogP contribution is -2.56. The minimum atomic E-state index is -0.926. The van der Waals surface area contributed by atoms with Crippen molar-refractivity contribution in [3.8, 4) is 5.69 Å². The van der Waals surface area contributed by atoms with Gasteiger partial charge in [-0.3, -0.25) is 9.80 Å². The quantitative estimate of drug-likeness (QED) is 0.222. The van der Waals surface area contributed by atoms with Gasteiger partial charge in [0.2, 0.25) is 0 Å². The Labute approximate surface area is 238 Å². The fourth-order valence-corrected chi connectivity index (χ4v) is 6.66. The van der Waals surface area contributed by atoms with Crippen LogP contribution in [0.1, 0.15) is 39.5 Å². The average Bonchev–Trinajstić information content (AvgIpc) is 3.61. The van der Waals surface area contributed by atoms with Gasteiger partial charge in [0.05, 0.1) is 40.5 Å². The third-order valence-corrected chi connectivity index (χ3v) is 8.85. The van der Waals surface area contributed by atoms with E-state index in [4.69, 9.17) is 10.2 Å². The number of hydrogen-bond acceptors (Lipinski definition) is 5. The maximum atomic E-state index is 15.0. The van der Waals surface area contributed by atoms with Crippen LogP contribution in [0.25, 0.3) is 5.69 Å². The van der Waals surface area contributed by atoms with Gasteiger partial charge in [0, 0.05) is 4.90 Å². The van der Waals surface area contributed by atoms with Crippen molar-refractivity contribution < 1.29 is 4.79 Å². The molecule has 2 aliphatic rings. The summed E-state index contributed by atoms with van der Waals surface area (Å²) in [6.07, 6.45) is 5.15. The first-order chi connectivity index (χ1) is 19.7. The number of hydrogen-bond donors (Lipinski definition) is 0. The van der Waals surface area contributed by atoms with Gasteiger partial charge < -0.3 is 0 Å². The number of aromatic nitrogens is 2. The number of ketones is 1. The molecular formula is C34H28N4OS. The molecule has 40 heavy (non-hydrogen) atoms. The molecule has 0 amide bonds. The smallest absolute Gasteiger partial charge is 0.194 e. The number of para-hydroxylation sites is 2. The van der Waals surface area contributed by atoms with Crippen molar-refractivity contribution in [1.82, 2.24) is 9.78 Å². The second-order valence-electron chi connectivity index (χ2n) is 10.2. The van der Waals surface area contributed by atoms with Crippen LogP contribution in [-0.4, -0.2) is 33.1 Å². The summed E-state index contributed by atoms with van der Waals surface area (Å²) in [5.41, 5.74) is 5.60. The summed E-state index contributed by atoms with van der Waals surface area (Å²) in [5.74, 6) is -0.194. The van der Waals surface area contributed by atoms with E-state index in [1.54, 1.807) is 18.0 Å². The first-order valence-corrected chi connectivity index (χ1v) is 14.7. The van der Waals surface area contributed by atoms with Gasteiger partial charge in [-0.15, -0.1) is 11.8 Å². The number of Topliss-reactive ketones (excluding diaryl/α,β-unsaturated/α-hetero) is 1. The van der Waals surface area contributed by atoms with Crippen LogP contribution in [0.2, 0.25) is 0 Å². The van der Waals surface area contributed by atoms with Crippen molar-refractivity contribution in [2.45, 2.75) is 29.2 Å². The highest BCUT2D eigenvalue weighted by atomic mass is 32.2. The van der Waals surface area contributed by atoms with Gasteiger partial charge in [-0.1, -0.05) is 78.9 Å². The largest absolute Gasteiger partial charge is 0.291 e. The normalized spacial score (nSPS) is 20.0. The van der Waals surface area contributed by atoms with Crippen molar-refractivity contribution in [2.75, 3.05) is 11.3 Å². The first-order valence-electron chi connectivity index (χ1n) is 13.5. The number of carbonyl (C=O) groups excluding carboxylic acids is 1. The second-order valence-corrected chi connectivity index (χ2v) is 11.1. The van der Waals surface area contributed by atoms with E-state index in [1.807, 2.05) is 88.6 Å². The molecule has 0 radical (unpaired) electrons. The number of benzene rings is 4. The molecule has 2 atom stereocenters. The van der Waals surface area contributed by atoms with E-state index in [9.17, 15) is 4.79 Å². The number of fused-ring (bicyclic) bond motifs is 1. The molecule has 1 aromatic heterocycles. The number of thioether (sulfide) groups is 1. The SMILES string of the molecule is CSc1ccc(C2C(c3ccccc3)=NN(c3ccccc3)C23CCc2c(cnn2-c2ccccc2)C3=O)cc1. The molecule has 2 unspecified atom stereocenters. The van der Waals surface area contributed by atoms with Gasteiger partial charge in [0.15, 0.2) is 5.78 Å². The van der Waals surface area contributed by atoms with E-state index in [1.165, 1.54) is 4.90 Å². The number of hydrazone groups is 1. The van der Waals surface area contributed by atoms with Crippen molar-refractivity contribution in [3.05, 3.63) is 144 Å². The molecule has 0 N–H and O–H groups in total. The standard InChI is InChI=1S/C34H28N4OS/c1-40-28-19-17-24(18-20-28)31-32(25-11-5-2-6-12-25)36-38(27-15-9-4-10-16-27)34(31)22-21-30-29(33(34)39)23-35-37(30)26-13-7-3-8-14-26/h2-20,23,31H,21-22H2,1H3. The zero-order valence-corrected chi connectivity index (χ0v) is 23.0. The van der Waals surface area contributed by atoms with E-state index in [0.717, 1.165) is 33.9 Å².